The van der Waals surface area contributed by atoms with Crippen molar-refractivity contribution in [2.75, 3.05) is 49.8 Å². The monoisotopic (exact) mass is 415 g/mol. The molecule has 0 atom stereocenters. The van der Waals surface area contributed by atoms with E-state index >= 15 is 0 Å². The Hall–Kier alpha value is -3.45. The first-order valence-electron chi connectivity index (χ1n) is 10.5. The third-order valence-corrected chi connectivity index (χ3v) is 5.63. The van der Waals surface area contributed by atoms with Gasteiger partial charge in [0.25, 0.3) is 0 Å². The van der Waals surface area contributed by atoms with Gasteiger partial charge in [0.15, 0.2) is 0 Å². The minimum Gasteiger partial charge on any atom is -0.497 e. The molecule has 0 amide bonds. The molecule has 1 fully saturated rings. The number of rotatable bonds is 5. The number of hydrogen-bond acceptors (Lipinski definition) is 7. The Labute approximate surface area is 182 Å². The molecule has 3 aromatic rings. The predicted octanol–water partition coefficient (Wildman–Crippen LogP) is 3.58. The molecule has 7 heteroatoms. The number of nitrogens with zero attached hydrogens (tertiary/aromatic N) is 5. The summed E-state index contributed by atoms with van der Waals surface area (Å²) >= 11 is 0. The molecular weight excluding hydrogens is 390 g/mol. The number of morpholine rings is 1. The minimum atomic E-state index is 0.696. The number of pyridine rings is 1. The third kappa shape index (κ3) is 4.09. The molecule has 2 aliphatic rings. The predicted molar refractivity (Wildman–Crippen MR) is 122 cm³/mol. The van der Waals surface area contributed by atoms with Crippen molar-refractivity contribution in [3.8, 4) is 5.75 Å². The van der Waals surface area contributed by atoms with Crippen molar-refractivity contribution < 1.29 is 9.47 Å². The SMILES string of the molecule is COc1cccc(/C=C/c2nc(N3CCOCC3)nc3c2CCN3c2cccnc2)c1. The molecule has 0 saturated carbocycles. The van der Waals surface area contributed by atoms with Gasteiger partial charge in [-0.05, 0) is 42.3 Å². The van der Waals surface area contributed by atoms with Gasteiger partial charge in [0.2, 0.25) is 5.95 Å². The first kappa shape index (κ1) is 19.5. The van der Waals surface area contributed by atoms with E-state index in [4.69, 9.17) is 19.4 Å². The zero-order chi connectivity index (χ0) is 21.0. The van der Waals surface area contributed by atoms with Crippen molar-refractivity contribution >= 4 is 29.6 Å². The minimum absolute atomic E-state index is 0.696. The van der Waals surface area contributed by atoms with Crippen molar-refractivity contribution in [3.05, 3.63) is 65.6 Å². The second-order valence-corrected chi connectivity index (χ2v) is 7.53. The Balaban J connectivity index is 1.55. The normalized spacial score (nSPS) is 16.0. The lowest BCUT2D eigenvalue weighted by Crippen LogP contribution is -2.37. The zero-order valence-electron chi connectivity index (χ0n) is 17.6. The van der Waals surface area contributed by atoms with Gasteiger partial charge in [-0.3, -0.25) is 4.98 Å². The molecule has 31 heavy (non-hydrogen) atoms. The quantitative estimate of drug-likeness (QED) is 0.631. The molecule has 0 spiro atoms. The lowest BCUT2D eigenvalue weighted by Gasteiger charge is -2.28. The molecule has 0 N–H and O–H groups in total. The summed E-state index contributed by atoms with van der Waals surface area (Å²) in [6.45, 7) is 3.85. The maximum Gasteiger partial charge on any atom is 0.228 e. The van der Waals surface area contributed by atoms with E-state index in [0.717, 1.165) is 60.5 Å². The lowest BCUT2D eigenvalue weighted by molar-refractivity contribution is 0.122. The van der Waals surface area contributed by atoms with E-state index < -0.39 is 0 Å². The summed E-state index contributed by atoms with van der Waals surface area (Å²) in [6, 6.07) is 12.0. The molecule has 0 bridgehead atoms. The third-order valence-electron chi connectivity index (χ3n) is 5.63. The molecule has 1 saturated heterocycles. The highest BCUT2D eigenvalue weighted by molar-refractivity contribution is 5.76. The number of methoxy groups -OCH3 is 1. The number of benzene rings is 1. The maximum atomic E-state index is 5.52. The van der Waals surface area contributed by atoms with E-state index in [-0.39, 0.29) is 0 Å². The van der Waals surface area contributed by atoms with Crippen LogP contribution in [0.4, 0.5) is 17.5 Å². The number of fused-ring (bicyclic) bond motifs is 1. The molecule has 0 radical (unpaired) electrons. The summed E-state index contributed by atoms with van der Waals surface area (Å²) < 4.78 is 10.9. The molecule has 2 aliphatic heterocycles. The highest BCUT2D eigenvalue weighted by Gasteiger charge is 2.27. The van der Waals surface area contributed by atoms with Crippen LogP contribution in [-0.4, -0.2) is 54.9 Å². The zero-order valence-corrected chi connectivity index (χ0v) is 17.6. The summed E-state index contributed by atoms with van der Waals surface area (Å²) in [5, 5.41) is 0. The summed E-state index contributed by atoms with van der Waals surface area (Å²) in [7, 11) is 1.68. The lowest BCUT2D eigenvalue weighted by atomic mass is 10.1. The van der Waals surface area contributed by atoms with Crippen LogP contribution in [0.2, 0.25) is 0 Å². The molecule has 5 rings (SSSR count). The van der Waals surface area contributed by atoms with E-state index in [1.165, 1.54) is 5.56 Å². The van der Waals surface area contributed by atoms with Crippen molar-refractivity contribution in [1.29, 1.82) is 0 Å². The Morgan fingerprint density at radius 2 is 1.94 bits per heavy atom. The highest BCUT2D eigenvalue weighted by atomic mass is 16.5. The van der Waals surface area contributed by atoms with E-state index in [9.17, 15) is 0 Å². The number of aromatic nitrogens is 3. The van der Waals surface area contributed by atoms with Gasteiger partial charge in [0.05, 0.1) is 37.9 Å². The van der Waals surface area contributed by atoms with Crippen molar-refractivity contribution in [2.24, 2.45) is 0 Å². The van der Waals surface area contributed by atoms with E-state index in [2.05, 4.69) is 39.1 Å². The molecule has 4 heterocycles. The van der Waals surface area contributed by atoms with Gasteiger partial charge in [-0.1, -0.05) is 18.2 Å². The van der Waals surface area contributed by atoms with Crippen LogP contribution in [0.5, 0.6) is 5.75 Å². The van der Waals surface area contributed by atoms with E-state index in [1.807, 2.05) is 30.5 Å². The standard InChI is InChI=1S/C24H25N5O2/c1-30-20-6-2-4-18(16-20)7-8-22-21-9-11-29(19-5-3-10-25-17-19)23(21)27-24(26-22)28-12-14-31-15-13-28/h2-8,10,16-17H,9,11-15H2,1H3/b8-7+. The Bertz CT molecular complexity index is 1080. The average Bonchev–Trinajstić information content (AvgIpc) is 3.28. The number of ether oxygens (including phenoxy) is 2. The van der Waals surface area contributed by atoms with Crippen LogP contribution in [0.1, 0.15) is 16.8 Å². The van der Waals surface area contributed by atoms with Crippen LogP contribution in [0, 0.1) is 0 Å². The fourth-order valence-corrected chi connectivity index (χ4v) is 4.00. The summed E-state index contributed by atoms with van der Waals surface area (Å²) in [5.74, 6) is 2.56. The van der Waals surface area contributed by atoms with E-state index in [1.54, 1.807) is 13.3 Å². The molecule has 0 aliphatic carbocycles. The molecule has 7 nitrogen and oxygen atoms in total. The first-order chi connectivity index (χ1) is 15.3. The Morgan fingerprint density at radius 1 is 1.03 bits per heavy atom. The fraction of sp³-hybridized carbons (Fsp3) is 0.292. The number of hydrogen-bond donors (Lipinski definition) is 0. The van der Waals surface area contributed by atoms with Crippen LogP contribution in [0.25, 0.3) is 12.2 Å². The smallest absolute Gasteiger partial charge is 0.228 e. The van der Waals surface area contributed by atoms with Crippen molar-refractivity contribution in [3.63, 3.8) is 0 Å². The summed E-state index contributed by atoms with van der Waals surface area (Å²) in [6.07, 6.45) is 8.75. The average molecular weight is 415 g/mol. The van der Waals surface area contributed by atoms with Gasteiger partial charge in [0.1, 0.15) is 11.6 Å². The fourth-order valence-electron chi connectivity index (χ4n) is 4.00. The van der Waals surface area contributed by atoms with Crippen molar-refractivity contribution in [1.82, 2.24) is 15.0 Å². The largest absolute Gasteiger partial charge is 0.497 e. The second-order valence-electron chi connectivity index (χ2n) is 7.53. The topological polar surface area (TPSA) is 63.6 Å². The van der Waals surface area contributed by atoms with Crippen LogP contribution in [0.15, 0.2) is 48.8 Å². The number of anilines is 3. The van der Waals surface area contributed by atoms with Crippen LogP contribution in [-0.2, 0) is 11.2 Å². The highest BCUT2D eigenvalue weighted by Crippen LogP contribution is 2.36. The van der Waals surface area contributed by atoms with Gasteiger partial charge < -0.3 is 19.3 Å². The van der Waals surface area contributed by atoms with E-state index in [0.29, 0.717) is 13.2 Å². The second kappa shape index (κ2) is 8.73. The Morgan fingerprint density at radius 3 is 2.74 bits per heavy atom. The van der Waals surface area contributed by atoms with Gasteiger partial charge in [-0.15, -0.1) is 0 Å². The van der Waals surface area contributed by atoms with Crippen molar-refractivity contribution in [2.45, 2.75) is 6.42 Å². The molecule has 0 unspecified atom stereocenters. The molecule has 158 valence electrons. The van der Waals surface area contributed by atoms with Gasteiger partial charge in [0, 0.05) is 31.4 Å². The van der Waals surface area contributed by atoms with Gasteiger partial charge in [-0.2, -0.15) is 4.98 Å². The van der Waals surface area contributed by atoms with Gasteiger partial charge >= 0.3 is 0 Å². The Kier molecular flexibility index (Phi) is 5.50. The summed E-state index contributed by atoms with van der Waals surface area (Å²) in [5.41, 5.74) is 4.25. The van der Waals surface area contributed by atoms with Crippen LogP contribution < -0.4 is 14.5 Å². The molecular formula is C24H25N5O2. The maximum absolute atomic E-state index is 5.52. The van der Waals surface area contributed by atoms with Crippen LogP contribution >= 0.6 is 0 Å². The molecule has 2 aromatic heterocycles. The first-order valence-corrected chi connectivity index (χ1v) is 10.5. The van der Waals surface area contributed by atoms with Crippen LogP contribution in [0.3, 0.4) is 0 Å². The summed E-state index contributed by atoms with van der Waals surface area (Å²) in [4.78, 5) is 18.7. The molecule has 1 aromatic carbocycles. The van der Waals surface area contributed by atoms with Gasteiger partial charge in [-0.25, -0.2) is 4.98 Å².